The number of nitrogens with zero attached hydrogens (tertiary/aromatic N) is 3. The van der Waals surface area contributed by atoms with Gasteiger partial charge in [0, 0.05) is 38.4 Å². The molecule has 3 heterocycles. The molecule has 1 aliphatic rings. The van der Waals surface area contributed by atoms with E-state index in [0.717, 1.165) is 50.6 Å². The summed E-state index contributed by atoms with van der Waals surface area (Å²) in [6.45, 7) is 7.02. The second kappa shape index (κ2) is 7.15. The van der Waals surface area contributed by atoms with Gasteiger partial charge in [0.25, 0.3) is 5.89 Å². The molecule has 0 radical (unpaired) electrons. The molecule has 1 saturated heterocycles. The van der Waals surface area contributed by atoms with E-state index in [-0.39, 0.29) is 0 Å². The van der Waals surface area contributed by atoms with E-state index in [2.05, 4.69) is 45.1 Å². The van der Waals surface area contributed by atoms with Crippen molar-refractivity contribution in [3.63, 3.8) is 0 Å². The molecule has 0 amide bonds. The molecule has 0 N–H and O–H groups in total. The Balaban J connectivity index is 1.42. The Kier molecular flexibility index (Phi) is 4.57. The van der Waals surface area contributed by atoms with Crippen molar-refractivity contribution in [2.75, 3.05) is 31.1 Å². The first kappa shape index (κ1) is 16.0. The highest BCUT2D eigenvalue weighted by atomic mass is 16.4. The molecular weight excluding hydrogens is 314 g/mol. The van der Waals surface area contributed by atoms with Gasteiger partial charge in [-0.15, -0.1) is 0 Å². The summed E-state index contributed by atoms with van der Waals surface area (Å²) in [5, 5.41) is 0. The summed E-state index contributed by atoms with van der Waals surface area (Å²) in [7, 11) is 0. The van der Waals surface area contributed by atoms with E-state index in [9.17, 15) is 0 Å². The minimum Gasteiger partial charge on any atom is -0.459 e. The summed E-state index contributed by atoms with van der Waals surface area (Å²) < 4.78 is 11.2. The van der Waals surface area contributed by atoms with Crippen LogP contribution in [0, 0.1) is 6.92 Å². The van der Waals surface area contributed by atoms with Gasteiger partial charge in [-0.05, 0) is 37.6 Å². The molecular formula is C20H23N3O2. The van der Waals surface area contributed by atoms with Crippen molar-refractivity contribution in [3.05, 3.63) is 60.2 Å². The third-order valence-electron chi connectivity index (χ3n) is 4.71. The van der Waals surface area contributed by atoms with Gasteiger partial charge < -0.3 is 13.7 Å². The average molecular weight is 337 g/mol. The van der Waals surface area contributed by atoms with Gasteiger partial charge in [-0.25, -0.2) is 4.98 Å². The summed E-state index contributed by atoms with van der Waals surface area (Å²) in [6.07, 6.45) is 2.79. The first-order valence-electron chi connectivity index (χ1n) is 8.82. The van der Waals surface area contributed by atoms with Crippen LogP contribution in [-0.4, -0.2) is 36.1 Å². The van der Waals surface area contributed by atoms with Crippen LogP contribution in [0.5, 0.6) is 0 Å². The number of benzene rings is 1. The average Bonchev–Trinajstić information content (AvgIpc) is 3.22. The molecule has 0 spiro atoms. The SMILES string of the molecule is Cc1oc(-c2ccco2)nc1CN1CCCN(c2ccccc2)CC1. The smallest absolute Gasteiger partial charge is 0.263 e. The van der Waals surface area contributed by atoms with E-state index in [0.29, 0.717) is 11.7 Å². The lowest BCUT2D eigenvalue weighted by Crippen LogP contribution is -2.30. The van der Waals surface area contributed by atoms with E-state index in [1.165, 1.54) is 5.69 Å². The van der Waals surface area contributed by atoms with Gasteiger partial charge in [0.05, 0.1) is 12.0 Å². The van der Waals surface area contributed by atoms with Gasteiger partial charge in [-0.3, -0.25) is 4.90 Å². The maximum atomic E-state index is 5.78. The maximum absolute atomic E-state index is 5.78. The highest BCUT2D eigenvalue weighted by Crippen LogP contribution is 2.23. The molecule has 2 aromatic heterocycles. The van der Waals surface area contributed by atoms with Gasteiger partial charge in [0.1, 0.15) is 5.76 Å². The first-order chi connectivity index (χ1) is 12.3. The lowest BCUT2D eigenvalue weighted by Gasteiger charge is -2.23. The van der Waals surface area contributed by atoms with E-state index >= 15 is 0 Å². The van der Waals surface area contributed by atoms with Crippen molar-refractivity contribution in [1.82, 2.24) is 9.88 Å². The number of oxazole rings is 1. The van der Waals surface area contributed by atoms with Gasteiger partial charge in [-0.2, -0.15) is 0 Å². The third-order valence-corrected chi connectivity index (χ3v) is 4.71. The van der Waals surface area contributed by atoms with Crippen molar-refractivity contribution in [3.8, 4) is 11.7 Å². The summed E-state index contributed by atoms with van der Waals surface area (Å²) >= 11 is 0. The number of rotatable bonds is 4. The van der Waals surface area contributed by atoms with Crippen LogP contribution >= 0.6 is 0 Å². The maximum Gasteiger partial charge on any atom is 0.263 e. The van der Waals surface area contributed by atoms with Crippen molar-refractivity contribution in [2.24, 2.45) is 0 Å². The number of hydrogen-bond donors (Lipinski definition) is 0. The summed E-state index contributed by atoms with van der Waals surface area (Å²) in [5.41, 5.74) is 2.31. The molecule has 5 nitrogen and oxygen atoms in total. The fourth-order valence-electron chi connectivity index (χ4n) is 3.32. The van der Waals surface area contributed by atoms with Crippen LogP contribution in [0.25, 0.3) is 11.7 Å². The summed E-state index contributed by atoms with van der Waals surface area (Å²) in [4.78, 5) is 9.56. The minimum atomic E-state index is 0.568. The summed E-state index contributed by atoms with van der Waals surface area (Å²) in [5.74, 6) is 2.12. The lowest BCUT2D eigenvalue weighted by molar-refractivity contribution is 0.281. The Labute approximate surface area is 147 Å². The highest BCUT2D eigenvalue weighted by Gasteiger charge is 2.19. The Hall–Kier alpha value is -2.53. The van der Waals surface area contributed by atoms with Crippen LogP contribution in [0.2, 0.25) is 0 Å². The predicted octanol–water partition coefficient (Wildman–Crippen LogP) is 3.96. The van der Waals surface area contributed by atoms with Gasteiger partial charge >= 0.3 is 0 Å². The molecule has 4 rings (SSSR count). The molecule has 130 valence electrons. The zero-order valence-corrected chi connectivity index (χ0v) is 14.5. The third kappa shape index (κ3) is 3.61. The van der Waals surface area contributed by atoms with Crippen molar-refractivity contribution >= 4 is 5.69 Å². The normalized spacial score (nSPS) is 16.1. The summed E-state index contributed by atoms with van der Waals surface area (Å²) in [6, 6.07) is 14.4. The molecule has 5 heteroatoms. The molecule has 0 saturated carbocycles. The second-order valence-corrected chi connectivity index (χ2v) is 6.45. The van der Waals surface area contributed by atoms with Crippen LogP contribution in [-0.2, 0) is 6.54 Å². The fourth-order valence-corrected chi connectivity index (χ4v) is 3.32. The minimum absolute atomic E-state index is 0.568. The quantitative estimate of drug-likeness (QED) is 0.721. The van der Waals surface area contributed by atoms with E-state index < -0.39 is 0 Å². The number of aryl methyl sites for hydroxylation is 1. The molecule has 1 aromatic carbocycles. The molecule has 0 atom stereocenters. The number of anilines is 1. The molecule has 25 heavy (non-hydrogen) atoms. The van der Waals surface area contributed by atoms with Crippen LogP contribution in [0.3, 0.4) is 0 Å². The zero-order valence-electron chi connectivity index (χ0n) is 14.5. The molecule has 0 bridgehead atoms. The molecule has 1 aliphatic heterocycles. The lowest BCUT2D eigenvalue weighted by atomic mass is 10.3. The number of hydrogen-bond acceptors (Lipinski definition) is 5. The molecule has 0 unspecified atom stereocenters. The second-order valence-electron chi connectivity index (χ2n) is 6.45. The monoisotopic (exact) mass is 337 g/mol. The number of para-hydroxylation sites is 1. The van der Waals surface area contributed by atoms with E-state index in [1.807, 2.05) is 19.1 Å². The Morgan fingerprint density at radius 3 is 2.68 bits per heavy atom. The van der Waals surface area contributed by atoms with Crippen LogP contribution in [0.1, 0.15) is 17.9 Å². The van der Waals surface area contributed by atoms with Crippen molar-refractivity contribution in [1.29, 1.82) is 0 Å². The van der Waals surface area contributed by atoms with Crippen molar-refractivity contribution < 1.29 is 8.83 Å². The van der Waals surface area contributed by atoms with Gasteiger partial charge in [0.2, 0.25) is 0 Å². The number of aromatic nitrogens is 1. The molecule has 3 aromatic rings. The largest absolute Gasteiger partial charge is 0.459 e. The Morgan fingerprint density at radius 2 is 1.88 bits per heavy atom. The molecule has 1 fully saturated rings. The van der Waals surface area contributed by atoms with Crippen LogP contribution in [0.4, 0.5) is 5.69 Å². The van der Waals surface area contributed by atoms with Crippen molar-refractivity contribution in [2.45, 2.75) is 19.9 Å². The van der Waals surface area contributed by atoms with E-state index in [1.54, 1.807) is 6.26 Å². The fraction of sp³-hybridized carbons (Fsp3) is 0.350. The van der Waals surface area contributed by atoms with Gasteiger partial charge in [0.15, 0.2) is 5.76 Å². The zero-order chi connectivity index (χ0) is 17.1. The molecule has 0 aliphatic carbocycles. The van der Waals surface area contributed by atoms with Crippen LogP contribution < -0.4 is 4.90 Å². The Bertz CT molecular complexity index is 796. The topological polar surface area (TPSA) is 45.7 Å². The predicted molar refractivity (Wildman–Crippen MR) is 97.5 cm³/mol. The first-order valence-corrected chi connectivity index (χ1v) is 8.82. The van der Waals surface area contributed by atoms with E-state index in [4.69, 9.17) is 8.83 Å². The number of furan rings is 1. The van der Waals surface area contributed by atoms with Gasteiger partial charge in [-0.1, -0.05) is 18.2 Å². The standard InChI is InChI=1S/C20H23N3O2/c1-16-18(21-20(25-16)19-9-5-14-24-19)15-22-10-6-11-23(13-12-22)17-7-3-2-4-8-17/h2-5,7-9,14H,6,10-13,15H2,1H3. The Morgan fingerprint density at radius 1 is 1.00 bits per heavy atom. The van der Waals surface area contributed by atoms with Crippen LogP contribution in [0.15, 0.2) is 57.6 Å². The highest BCUT2D eigenvalue weighted by molar-refractivity contribution is 5.46.